The molecule has 4 heteroatoms. The molecule has 2 nitrogen and oxygen atoms in total. The zero-order valence-corrected chi connectivity index (χ0v) is 28.1. The standard InChI is InChI=1S/C46H29BO2Si/c1-2-14-30(15-3-1)47-39-22-6-10-26-43(39)50(44-27-11-7-23-40(44)47)28-37(35-20-12-18-33-31-16-4-8-24-41(31)48-45(33)35)38(29-50)36-21-13-19-34-32-17-5-9-25-42(32)49-46(34)36/h1-29H. The van der Waals surface area contributed by atoms with E-state index in [0.717, 1.165) is 55.0 Å². The molecule has 0 aliphatic carbocycles. The summed E-state index contributed by atoms with van der Waals surface area (Å²) >= 11 is 0. The first-order chi connectivity index (χ1) is 24.8. The summed E-state index contributed by atoms with van der Waals surface area (Å²) < 4.78 is 13.5. The minimum atomic E-state index is -2.69. The molecule has 0 saturated carbocycles. The highest BCUT2D eigenvalue weighted by Crippen LogP contribution is 2.46. The maximum absolute atomic E-state index is 6.73. The van der Waals surface area contributed by atoms with E-state index in [2.05, 4.69) is 163 Å². The van der Waals surface area contributed by atoms with E-state index >= 15 is 0 Å². The fourth-order valence-corrected chi connectivity index (χ4v) is 13.6. The molecule has 0 amide bonds. The van der Waals surface area contributed by atoms with Crippen molar-refractivity contribution in [1.29, 1.82) is 0 Å². The second-order valence-corrected chi connectivity index (χ2v) is 17.0. The van der Waals surface area contributed by atoms with Gasteiger partial charge in [-0.25, -0.2) is 0 Å². The molecule has 0 atom stereocenters. The predicted octanol–water partition coefficient (Wildman–Crippen LogP) is 8.14. The fraction of sp³-hybridized carbons (Fsp3) is 0. The highest BCUT2D eigenvalue weighted by molar-refractivity contribution is 7.20. The summed E-state index contributed by atoms with van der Waals surface area (Å²) in [5.41, 5.74) is 17.7. The van der Waals surface area contributed by atoms with Gasteiger partial charge < -0.3 is 8.83 Å². The van der Waals surface area contributed by atoms with Crippen molar-refractivity contribution in [3.05, 3.63) is 186 Å². The maximum atomic E-state index is 6.73. The van der Waals surface area contributed by atoms with Crippen LogP contribution in [-0.2, 0) is 0 Å². The van der Waals surface area contributed by atoms with Crippen molar-refractivity contribution in [2.45, 2.75) is 0 Å². The molecule has 0 fully saturated rings. The number of para-hydroxylation sites is 4. The van der Waals surface area contributed by atoms with E-state index in [-0.39, 0.29) is 6.71 Å². The van der Waals surface area contributed by atoms with Gasteiger partial charge in [-0.15, -0.1) is 0 Å². The Balaban J connectivity index is 1.26. The molecule has 232 valence electrons. The van der Waals surface area contributed by atoms with E-state index in [1.165, 1.54) is 37.9 Å². The Kier molecular flexibility index (Phi) is 5.81. The quantitative estimate of drug-likeness (QED) is 0.180. The number of rotatable bonds is 3. The van der Waals surface area contributed by atoms with Crippen LogP contribution in [0.1, 0.15) is 11.1 Å². The second kappa shape index (κ2) is 10.4. The lowest BCUT2D eigenvalue weighted by molar-refractivity contribution is 0.667. The minimum Gasteiger partial charge on any atom is -0.455 e. The van der Waals surface area contributed by atoms with E-state index < -0.39 is 8.07 Å². The molecule has 50 heavy (non-hydrogen) atoms. The van der Waals surface area contributed by atoms with Crippen LogP contribution >= 0.6 is 0 Å². The third-order valence-electron chi connectivity index (χ3n) is 11.0. The Labute approximate surface area is 290 Å². The molecule has 4 heterocycles. The second-order valence-electron chi connectivity index (χ2n) is 13.6. The molecule has 9 aromatic rings. The first kappa shape index (κ1) is 27.8. The Morgan fingerprint density at radius 3 is 1.36 bits per heavy atom. The Hall–Kier alpha value is -6.10. The molecular formula is C46H29BO2Si. The smallest absolute Gasteiger partial charge is 0.240 e. The van der Waals surface area contributed by atoms with Crippen LogP contribution in [0.3, 0.4) is 0 Å². The highest BCUT2D eigenvalue weighted by Gasteiger charge is 2.48. The molecule has 0 N–H and O–H groups in total. The summed E-state index contributed by atoms with van der Waals surface area (Å²) in [6.07, 6.45) is 0. The lowest BCUT2D eigenvalue weighted by atomic mass is 9.36. The van der Waals surface area contributed by atoms with Gasteiger partial charge in [0, 0.05) is 32.7 Å². The average molecular weight is 653 g/mol. The molecule has 0 unspecified atom stereocenters. The molecule has 1 spiro atoms. The molecule has 0 saturated heterocycles. The Morgan fingerprint density at radius 2 is 0.820 bits per heavy atom. The first-order valence-electron chi connectivity index (χ1n) is 17.3. The highest BCUT2D eigenvalue weighted by atomic mass is 28.3. The number of allylic oxidation sites excluding steroid dienone is 2. The molecule has 2 aliphatic rings. The number of hydrogen-bond donors (Lipinski definition) is 0. The van der Waals surface area contributed by atoms with Gasteiger partial charge in [0.25, 0.3) is 0 Å². The van der Waals surface area contributed by atoms with Crippen molar-refractivity contribution in [3.8, 4) is 0 Å². The van der Waals surface area contributed by atoms with E-state index in [1.807, 2.05) is 12.1 Å². The summed E-state index contributed by atoms with van der Waals surface area (Å²) in [6.45, 7) is 0.161. The summed E-state index contributed by atoms with van der Waals surface area (Å²) in [4.78, 5) is 0. The molecule has 0 bridgehead atoms. The molecule has 0 radical (unpaired) electrons. The van der Waals surface area contributed by atoms with Crippen LogP contribution in [0.5, 0.6) is 0 Å². The van der Waals surface area contributed by atoms with Crippen LogP contribution in [0.2, 0.25) is 0 Å². The lowest BCUT2D eigenvalue weighted by Gasteiger charge is -2.37. The van der Waals surface area contributed by atoms with Crippen molar-refractivity contribution in [2.75, 3.05) is 0 Å². The van der Waals surface area contributed by atoms with E-state index in [4.69, 9.17) is 8.83 Å². The molecule has 11 rings (SSSR count). The fourth-order valence-electron chi connectivity index (χ4n) is 8.90. The van der Waals surface area contributed by atoms with Gasteiger partial charge in [0.05, 0.1) is 0 Å². The van der Waals surface area contributed by atoms with Crippen LogP contribution in [0.4, 0.5) is 0 Å². The predicted molar refractivity (Wildman–Crippen MR) is 212 cm³/mol. The SMILES string of the molecule is C1=C(c2cccc3c2oc2ccccc23)C(c2cccc3c2oc2ccccc23)=C[Si]12c1ccccc1B(c1ccccc1)c1ccccc12. The largest absolute Gasteiger partial charge is 0.455 e. The summed E-state index contributed by atoms with van der Waals surface area (Å²) in [5.74, 6) is 0. The van der Waals surface area contributed by atoms with Gasteiger partial charge in [0.15, 0.2) is 8.07 Å². The molecular weight excluding hydrogens is 623 g/mol. The molecule has 2 aliphatic heterocycles. The van der Waals surface area contributed by atoms with Crippen molar-refractivity contribution < 1.29 is 8.83 Å². The number of hydrogen-bond acceptors (Lipinski definition) is 2. The topological polar surface area (TPSA) is 26.3 Å². The van der Waals surface area contributed by atoms with Crippen LogP contribution in [0.25, 0.3) is 55.0 Å². The van der Waals surface area contributed by atoms with Gasteiger partial charge in [-0.3, -0.25) is 0 Å². The van der Waals surface area contributed by atoms with Crippen molar-refractivity contribution >= 4 is 96.6 Å². The van der Waals surface area contributed by atoms with Crippen molar-refractivity contribution in [2.24, 2.45) is 0 Å². The number of benzene rings is 7. The van der Waals surface area contributed by atoms with Gasteiger partial charge in [0.1, 0.15) is 22.3 Å². The van der Waals surface area contributed by atoms with E-state index in [9.17, 15) is 0 Å². The third kappa shape index (κ3) is 3.80. The lowest BCUT2D eigenvalue weighted by Crippen LogP contribution is -2.77. The molecule has 2 aromatic heterocycles. The zero-order chi connectivity index (χ0) is 32.8. The number of furan rings is 2. The summed E-state index contributed by atoms with van der Waals surface area (Å²) in [7, 11) is -2.69. The van der Waals surface area contributed by atoms with Gasteiger partial charge in [-0.05, 0) is 23.3 Å². The van der Waals surface area contributed by atoms with E-state index in [1.54, 1.807) is 0 Å². The van der Waals surface area contributed by atoms with Gasteiger partial charge in [0.2, 0.25) is 6.71 Å². The maximum Gasteiger partial charge on any atom is 0.240 e. The van der Waals surface area contributed by atoms with Crippen LogP contribution in [0, 0.1) is 0 Å². The van der Waals surface area contributed by atoms with Crippen molar-refractivity contribution in [3.63, 3.8) is 0 Å². The van der Waals surface area contributed by atoms with Gasteiger partial charge >= 0.3 is 0 Å². The Bertz CT molecular complexity index is 2710. The minimum absolute atomic E-state index is 0.161. The van der Waals surface area contributed by atoms with Crippen LogP contribution < -0.4 is 26.8 Å². The van der Waals surface area contributed by atoms with Crippen LogP contribution in [0.15, 0.2) is 184 Å². The Morgan fingerprint density at radius 1 is 0.380 bits per heavy atom. The average Bonchev–Trinajstić information content (AvgIpc) is 3.88. The normalized spacial score (nSPS) is 14.8. The third-order valence-corrected chi connectivity index (χ3v) is 15.2. The van der Waals surface area contributed by atoms with Gasteiger partial charge in [-0.2, -0.15) is 0 Å². The summed E-state index contributed by atoms with van der Waals surface area (Å²) in [5, 5.41) is 7.42. The van der Waals surface area contributed by atoms with E-state index in [0.29, 0.717) is 0 Å². The summed E-state index contributed by atoms with van der Waals surface area (Å²) in [6, 6.07) is 59.3. The number of fused-ring (bicyclic) bond motifs is 10. The monoisotopic (exact) mass is 652 g/mol. The molecule has 7 aromatic carbocycles. The zero-order valence-electron chi connectivity index (χ0n) is 27.1. The van der Waals surface area contributed by atoms with Gasteiger partial charge in [-0.1, -0.05) is 190 Å². The van der Waals surface area contributed by atoms with Crippen molar-refractivity contribution in [1.82, 2.24) is 0 Å². The first-order valence-corrected chi connectivity index (χ1v) is 19.5. The van der Waals surface area contributed by atoms with Crippen LogP contribution in [-0.4, -0.2) is 14.8 Å².